The highest BCUT2D eigenvalue weighted by Crippen LogP contribution is 2.55. The van der Waals surface area contributed by atoms with Gasteiger partial charge in [-0.2, -0.15) is 23.4 Å². The number of halogens is 3. The Morgan fingerprint density at radius 1 is 1.31 bits per heavy atom. The number of aromatic nitrogens is 5. The summed E-state index contributed by atoms with van der Waals surface area (Å²) in [7, 11) is 0. The molecule has 0 aromatic carbocycles. The summed E-state index contributed by atoms with van der Waals surface area (Å²) in [6.45, 7) is 6.68. The number of alkyl halides is 3. The Kier molecular flexibility index (Phi) is 5.35. The van der Waals surface area contributed by atoms with Gasteiger partial charge in [0.15, 0.2) is 5.60 Å². The number of urea groups is 1. The van der Waals surface area contributed by atoms with Gasteiger partial charge in [0, 0.05) is 49.2 Å². The van der Waals surface area contributed by atoms with Crippen LogP contribution in [-0.2, 0) is 6.54 Å². The molecule has 1 aliphatic carbocycles. The number of carbonyl (C=O) groups is 1. The minimum Gasteiger partial charge on any atom is -0.380 e. The molecule has 0 bridgehead atoms. The van der Waals surface area contributed by atoms with Gasteiger partial charge >= 0.3 is 12.2 Å². The van der Waals surface area contributed by atoms with E-state index in [4.69, 9.17) is 0 Å². The second-order valence-corrected chi connectivity index (χ2v) is 10.2. The summed E-state index contributed by atoms with van der Waals surface area (Å²) in [6.07, 6.45) is -1.69. The van der Waals surface area contributed by atoms with Crippen LogP contribution in [0.25, 0.3) is 22.3 Å². The van der Waals surface area contributed by atoms with Crippen LogP contribution in [0, 0.1) is 12.8 Å². The summed E-state index contributed by atoms with van der Waals surface area (Å²) in [5.74, 6) is 0.392. The standard InChI is InChI=1S/C23H28F3N7O2/c1-13(2)11-33-18-8-16(27-9-15(18)14(3)31-33)19-17(10-28-30-19)29-20(34)32-7-6-22(35,23(24,25)26)12-21(32)4-5-21/h8-10,13,35H,4-7,11-12H2,1-3H3,(H,28,30)(H,29,34). The van der Waals surface area contributed by atoms with Gasteiger partial charge < -0.3 is 15.3 Å². The van der Waals surface area contributed by atoms with Crippen molar-refractivity contribution in [2.24, 2.45) is 5.92 Å². The van der Waals surface area contributed by atoms with Crippen LogP contribution in [0.5, 0.6) is 0 Å². The highest BCUT2D eigenvalue weighted by molar-refractivity contribution is 5.94. The number of rotatable bonds is 4. The highest BCUT2D eigenvalue weighted by Gasteiger charge is 2.65. The van der Waals surface area contributed by atoms with Crippen LogP contribution in [0.3, 0.4) is 0 Å². The molecule has 2 fully saturated rings. The van der Waals surface area contributed by atoms with E-state index in [1.165, 1.54) is 11.1 Å². The van der Waals surface area contributed by atoms with Crippen LogP contribution < -0.4 is 5.32 Å². The Labute approximate surface area is 199 Å². The normalized spacial score (nSPS) is 21.8. The summed E-state index contributed by atoms with van der Waals surface area (Å²) in [6, 6.07) is 1.35. The first-order chi connectivity index (χ1) is 16.4. The van der Waals surface area contributed by atoms with E-state index in [0.717, 1.165) is 23.1 Å². The second-order valence-electron chi connectivity index (χ2n) is 10.2. The average Bonchev–Trinajstić information content (AvgIpc) is 3.23. The quantitative estimate of drug-likeness (QED) is 0.506. The molecule has 1 aliphatic heterocycles. The van der Waals surface area contributed by atoms with Crippen LogP contribution in [0.15, 0.2) is 18.5 Å². The Morgan fingerprint density at radius 3 is 2.71 bits per heavy atom. The molecule has 188 valence electrons. The van der Waals surface area contributed by atoms with Crippen LogP contribution in [0.2, 0.25) is 0 Å². The van der Waals surface area contributed by atoms with Gasteiger partial charge in [-0.1, -0.05) is 13.8 Å². The van der Waals surface area contributed by atoms with E-state index in [2.05, 4.69) is 39.4 Å². The Morgan fingerprint density at radius 2 is 2.06 bits per heavy atom. The van der Waals surface area contributed by atoms with Crippen LogP contribution >= 0.6 is 0 Å². The summed E-state index contributed by atoms with van der Waals surface area (Å²) in [4.78, 5) is 19.1. The number of hydrogen-bond acceptors (Lipinski definition) is 5. The maximum Gasteiger partial charge on any atom is 0.417 e. The molecule has 1 atom stereocenters. The lowest BCUT2D eigenvalue weighted by Crippen LogP contribution is -2.60. The number of aromatic amines is 1. The van der Waals surface area contributed by atoms with Crippen molar-refractivity contribution < 1.29 is 23.1 Å². The first-order valence-electron chi connectivity index (χ1n) is 11.7. The van der Waals surface area contributed by atoms with E-state index in [-0.39, 0.29) is 6.54 Å². The highest BCUT2D eigenvalue weighted by atomic mass is 19.4. The second kappa shape index (κ2) is 7.94. The third kappa shape index (κ3) is 4.03. The molecule has 9 nitrogen and oxygen atoms in total. The predicted molar refractivity (Wildman–Crippen MR) is 123 cm³/mol. The van der Waals surface area contributed by atoms with Gasteiger partial charge in [-0.05, 0) is 31.7 Å². The number of nitrogens with one attached hydrogen (secondary N) is 2. The number of anilines is 1. The summed E-state index contributed by atoms with van der Waals surface area (Å²) < 4.78 is 42.1. The number of nitrogens with zero attached hydrogens (tertiary/aromatic N) is 5. The molecule has 3 N–H and O–H groups in total. The fourth-order valence-corrected chi connectivity index (χ4v) is 5.02. The monoisotopic (exact) mass is 491 g/mol. The SMILES string of the molecule is Cc1nn(CC(C)C)c2cc(-c3n[nH]cc3NC(=O)N3CCC(O)(C(F)(F)F)CC34CC4)ncc12. The number of hydrogen-bond donors (Lipinski definition) is 3. The number of piperidine rings is 1. The topological polar surface area (TPSA) is 112 Å². The van der Waals surface area contributed by atoms with E-state index in [0.29, 0.717) is 35.8 Å². The van der Waals surface area contributed by atoms with Crippen molar-refractivity contribution in [3.05, 3.63) is 24.2 Å². The van der Waals surface area contributed by atoms with Crippen molar-refractivity contribution in [3.8, 4) is 11.4 Å². The van der Waals surface area contributed by atoms with Gasteiger partial charge in [0.05, 0.1) is 22.6 Å². The molecule has 1 spiro atoms. The number of aryl methyl sites for hydroxylation is 1. The van der Waals surface area contributed by atoms with Crippen molar-refractivity contribution in [2.75, 3.05) is 11.9 Å². The number of H-pyrrole nitrogens is 1. The van der Waals surface area contributed by atoms with Crippen molar-refractivity contribution >= 4 is 22.6 Å². The lowest BCUT2D eigenvalue weighted by Gasteiger charge is -2.45. The Hall–Kier alpha value is -3.15. The Balaban J connectivity index is 1.39. The van der Waals surface area contributed by atoms with Crippen molar-refractivity contribution in [3.63, 3.8) is 0 Å². The van der Waals surface area contributed by atoms with Gasteiger partial charge in [-0.3, -0.25) is 14.8 Å². The molecule has 4 heterocycles. The molecule has 0 radical (unpaired) electrons. The predicted octanol–water partition coefficient (Wildman–Crippen LogP) is 4.24. The largest absolute Gasteiger partial charge is 0.417 e. The van der Waals surface area contributed by atoms with Crippen LogP contribution in [0.1, 0.15) is 45.2 Å². The third-order valence-corrected chi connectivity index (χ3v) is 7.03. The molecule has 12 heteroatoms. The summed E-state index contributed by atoms with van der Waals surface area (Å²) >= 11 is 0. The summed E-state index contributed by atoms with van der Waals surface area (Å²) in [5.41, 5.74) is -0.642. The van der Waals surface area contributed by atoms with Crippen molar-refractivity contribution in [1.29, 1.82) is 0 Å². The number of aliphatic hydroxyl groups is 1. The zero-order valence-corrected chi connectivity index (χ0v) is 19.8. The van der Waals surface area contributed by atoms with Gasteiger partial charge in [0.1, 0.15) is 5.69 Å². The molecule has 2 amide bonds. The molecular weight excluding hydrogens is 463 g/mol. The fraction of sp³-hybridized carbons (Fsp3) is 0.565. The molecule has 3 aromatic rings. The number of pyridine rings is 1. The molecule has 5 rings (SSSR count). The van der Waals surface area contributed by atoms with E-state index < -0.39 is 36.2 Å². The maximum absolute atomic E-state index is 13.4. The molecule has 1 saturated carbocycles. The lowest BCUT2D eigenvalue weighted by molar-refractivity contribution is -0.277. The van der Waals surface area contributed by atoms with Gasteiger partial charge in [0.2, 0.25) is 0 Å². The van der Waals surface area contributed by atoms with E-state index in [9.17, 15) is 23.1 Å². The molecule has 3 aromatic heterocycles. The van der Waals surface area contributed by atoms with Crippen LogP contribution in [-0.4, -0.2) is 64.9 Å². The number of carbonyl (C=O) groups excluding carboxylic acids is 1. The molecule has 1 unspecified atom stereocenters. The number of likely N-dealkylation sites (tertiary alicyclic amines) is 1. The van der Waals surface area contributed by atoms with E-state index >= 15 is 0 Å². The number of fused-ring (bicyclic) bond motifs is 1. The zero-order chi connectivity index (χ0) is 25.2. The van der Waals surface area contributed by atoms with Crippen molar-refractivity contribution in [1.82, 2.24) is 29.9 Å². The lowest BCUT2D eigenvalue weighted by atomic mass is 9.84. The molecule has 35 heavy (non-hydrogen) atoms. The van der Waals surface area contributed by atoms with Crippen LogP contribution in [0.4, 0.5) is 23.7 Å². The van der Waals surface area contributed by atoms with Gasteiger partial charge in [-0.15, -0.1) is 0 Å². The zero-order valence-electron chi connectivity index (χ0n) is 19.8. The molecular formula is C23H28F3N7O2. The van der Waals surface area contributed by atoms with E-state index in [1.54, 1.807) is 6.20 Å². The maximum atomic E-state index is 13.4. The minimum atomic E-state index is -4.73. The fourth-order valence-electron chi connectivity index (χ4n) is 5.02. The van der Waals surface area contributed by atoms with E-state index in [1.807, 2.05) is 17.7 Å². The first kappa shape index (κ1) is 23.6. The third-order valence-electron chi connectivity index (χ3n) is 7.03. The average molecular weight is 492 g/mol. The van der Waals surface area contributed by atoms with Gasteiger partial charge in [-0.25, -0.2) is 4.79 Å². The summed E-state index contributed by atoms with van der Waals surface area (Å²) in [5, 5.41) is 25.5. The Bertz CT molecular complexity index is 1280. The number of amides is 2. The van der Waals surface area contributed by atoms with Crippen molar-refractivity contribution in [2.45, 2.75) is 70.3 Å². The first-order valence-corrected chi connectivity index (χ1v) is 11.7. The molecule has 1 saturated heterocycles. The molecule has 2 aliphatic rings. The smallest absolute Gasteiger partial charge is 0.380 e. The minimum absolute atomic E-state index is 0.188. The van der Waals surface area contributed by atoms with Gasteiger partial charge in [0.25, 0.3) is 0 Å².